The van der Waals surface area contributed by atoms with E-state index in [9.17, 15) is 11.6 Å². The molecule has 0 atom stereocenters. The monoisotopic (exact) mass is 336 g/mol. The molecule has 0 heterocycles. The van der Waals surface area contributed by atoms with Crippen molar-refractivity contribution in [1.82, 2.24) is 0 Å². The quantitative estimate of drug-likeness (QED) is 0.714. The van der Waals surface area contributed by atoms with Crippen molar-refractivity contribution in [3.8, 4) is 0 Å². The van der Waals surface area contributed by atoms with Gasteiger partial charge in [0.15, 0.2) is 0 Å². The van der Waals surface area contributed by atoms with Gasteiger partial charge in [0.2, 0.25) is 0 Å². The molecule has 0 nitrogen and oxygen atoms in total. The first kappa shape index (κ1) is 11.4. The second-order valence-electron chi connectivity index (χ2n) is 3.11. The van der Waals surface area contributed by atoms with Crippen LogP contribution in [0.3, 0.4) is 0 Å². The number of rotatable bonds is 2. The summed E-state index contributed by atoms with van der Waals surface area (Å²) in [4.78, 5) is 0. The first-order valence-electron chi connectivity index (χ1n) is 4.54. The molecule has 2 aromatic rings. The van der Waals surface area contributed by atoms with Crippen LogP contribution in [0.5, 0.6) is 0 Å². The Kier molecular flexibility index (Phi) is 3.48. The van der Waals surface area contributed by atoms with Crippen LogP contribution in [0.4, 0.5) is 11.6 Å². The maximum atomic E-state index is 14.0. The molecule has 0 aliphatic rings. The van der Waals surface area contributed by atoms with Gasteiger partial charge in [-0.2, -0.15) is 0 Å². The van der Waals surface area contributed by atoms with E-state index in [1.807, 2.05) is 0 Å². The first-order chi connectivity index (χ1) is 7.66. The summed E-state index contributed by atoms with van der Waals surface area (Å²) in [5, 5.41) is 0. The summed E-state index contributed by atoms with van der Waals surface area (Å²) in [7, 11) is 0. The van der Waals surface area contributed by atoms with Crippen LogP contribution in [-0.2, 0) is 0 Å². The van der Waals surface area contributed by atoms with Gasteiger partial charge in [0, 0.05) is 0 Å². The fourth-order valence-corrected chi connectivity index (χ4v) is 3.91. The second kappa shape index (κ2) is 4.86. The van der Waals surface area contributed by atoms with E-state index in [-0.39, 0.29) is 11.6 Å². The zero-order valence-electron chi connectivity index (χ0n) is 8.13. The predicted molar refractivity (Wildman–Crippen MR) is 65.3 cm³/mol. The Morgan fingerprint density at radius 1 is 0.625 bits per heavy atom. The van der Waals surface area contributed by atoms with Gasteiger partial charge in [0.25, 0.3) is 0 Å². The average Bonchev–Trinajstić information content (AvgIpc) is 2.30. The summed E-state index contributed by atoms with van der Waals surface area (Å²) in [5.41, 5.74) is 0. The van der Waals surface area contributed by atoms with Crippen LogP contribution in [0.25, 0.3) is 0 Å². The minimum atomic E-state index is -2.98. The molecule has 0 spiro atoms. The molecule has 0 aromatic heterocycles. The molecule has 16 heavy (non-hydrogen) atoms. The molecule has 2 rings (SSSR count). The second-order valence-corrected chi connectivity index (χ2v) is 6.96. The topological polar surface area (TPSA) is 0 Å². The summed E-state index contributed by atoms with van der Waals surface area (Å²) in [6, 6.07) is 10.7. The fraction of sp³-hybridized carbons (Fsp3) is 0. The molecule has 84 valence electrons. The third-order valence-corrected chi connectivity index (χ3v) is 5.62. The number of benzene rings is 2. The van der Waals surface area contributed by atoms with Crippen LogP contribution >= 0.6 is 20.4 Å². The van der Waals surface area contributed by atoms with E-state index in [0.717, 1.165) is 0 Å². The molecule has 0 aliphatic carbocycles. The Morgan fingerprint density at radius 3 is 1.25 bits per heavy atom. The van der Waals surface area contributed by atoms with Crippen LogP contribution in [0.1, 0.15) is 0 Å². The third-order valence-electron chi connectivity index (χ3n) is 1.99. The van der Waals surface area contributed by atoms with E-state index in [2.05, 4.69) is 0 Å². The van der Waals surface area contributed by atoms with Crippen LogP contribution in [0.15, 0.2) is 48.5 Å². The molecule has 0 saturated heterocycles. The molecule has 0 N–H and O–H groups in total. The van der Waals surface area contributed by atoms with Crippen molar-refractivity contribution in [2.75, 3.05) is 0 Å². The number of halogens is 4. The fourth-order valence-electron chi connectivity index (χ4n) is 1.21. The Labute approximate surface area is 99.3 Å². The van der Waals surface area contributed by atoms with Gasteiger partial charge >= 0.3 is 99.3 Å². The summed E-state index contributed by atoms with van der Waals surface area (Å²) < 4.78 is 40.4. The Morgan fingerprint density at radius 2 is 0.938 bits per heavy atom. The summed E-state index contributed by atoms with van der Waals surface area (Å²) in [6.45, 7) is 0. The van der Waals surface area contributed by atoms with Crippen molar-refractivity contribution in [1.29, 1.82) is 0 Å². The van der Waals surface area contributed by atoms with Gasteiger partial charge in [0.05, 0.1) is 0 Å². The molecule has 0 unspecified atom stereocenters. The van der Waals surface area contributed by atoms with Gasteiger partial charge in [-0.1, -0.05) is 0 Å². The van der Waals surface area contributed by atoms with Crippen LogP contribution in [0.2, 0.25) is 0 Å². The van der Waals surface area contributed by atoms with Crippen molar-refractivity contribution >= 4 is 20.4 Å². The molecule has 0 bridgehead atoms. The minimum absolute atomic E-state index is 0.382. The Hall–Kier alpha value is -1.04. The molecule has 0 aliphatic heterocycles. The average molecular weight is 336 g/mol. The predicted octanol–water partition coefficient (Wildman–Crippen LogP) is 4.40. The van der Waals surface area contributed by atoms with E-state index < -0.39 is 20.4 Å². The first-order valence-corrected chi connectivity index (χ1v) is 7.51. The summed E-state index contributed by atoms with van der Waals surface area (Å²) in [6.07, 6.45) is 0. The Balaban J connectivity index is 2.28. The molecule has 0 fully saturated rings. The van der Waals surface area contributed by atoms with Gasteiger partial charge in [0.1, 0.15) is 0 Å². The molecule has 2 aromatic carbocycles. The van der Waals surface area contributed by atoms with E-state index in [4.69, 9.17) is 0 Å². The SMILES string of the molecule is Fc1ccc(I(F)c2ccc(F)cc2)cc1. The van der Waals surface area contributed by atoms with Gasteiger partial charge < -0.3 is 0 Å². The number of hydrogen-bond donors (Lipinski definition) is 0. The normalized spacial score (nSPS) is 11.3. The van der Waals surface area contributed by atoms with E-state index in [0.29, 0.717) is 7.14 Å². The number of hydrogen-bond acceptors (Lipinski definition) is 0. The molecular formula is C12H8F3I. The van der Waals surface area contributed by atoms with E-state index in [1.165, 1.54) is 48.5 Å². The van der Waals surface area contributed by atoms with Crippen molar-refractivity contribution in [2.45, 2.75) is 0 Å². The van der Waals surface area contributed by atoms with Crippen LogP contribution in [-0.4, -0.2) is 0 Å². The van der Waals surface area contributed by atoms with E-state index >= 15 is 0 Å². The van der Waals surface area contributed by atoms with Crippen molar-refractivity contribution in [2.24, 2.45) is 0 Å². The van der Waals surface area contributed by atoms with Crippen molar-refractivity contribution in [3.05, 3.63) is 67.3 Å². The molecule has 4 heteroatoms. The zero-order valence-corrected chi connectivity index (χ0v) is 10.3. The van der Waals surface area contributed by atoms with Gasteiger partial charge in [-0.3, -0.25) is 0 Å². The molecule has 0 saturated carbocycles. The van der Waals surface area contributed by atoms with E-state index in [1.54, 1.807) is 0 Å². The summed E-state index contributed by atoms with van der Waals surface area (Å²) >= 11 is -2.98. The standard InChI is InChI=1S/C12H8F3I/c13-9-1-5-11(6-2-9)16(15)12-7-3-10(14)4-8-12/h1-8H. The molecular weight excluding hydrogens is 328 g/mol. The van der Waals surface area contributed by atoms with Crippen molar-refractivity contribution < 1.29 is 11.6 Å². The Bertz CT molecular complexity index is 419. The van der Waals surface area contributed by atoms with Crippen LogP contribution in [0, 0.1) is 18.8 Å². The van der Waals surface area contributed by atoms with Gasteiger partial charge in [-0.25, -0.2) is 0 Å². The maximum absolute atomic E-state index is 14.0. The third kappa shape index (κ3) is 2.55. The van der Waals surface area contributed by atoms with Gasteiger partial charge in [-0.15, -0.1) is 0 Å². The zero-order chi connectivity index (χ0) is 11.5. The van der Waals surface area contributed by atoms with Gasteiger partial charge in [-0.05, 0) is 0 Å². The molecule has 0 amide bonds. The van der Waals surface area contributed by atoms with Crippen LogP contribution < -0.4 is 0 Å². The molecule has 0 radical (unpaired) electrons. The van der Waals surface area contributed by atoms with Crippen molar-refractivity contribution in [3.63, 3.8) is 0 Å². The summed E-state index contributed by atoms with van der Waals surface area (Å²) in [5.74, 6) is -0.765.